The van der Waals surface area contributed by atoms with Gasteiger partial charge in [0.1, 0.15) is 5.78 Å². The SMILES string of the molecule is COc1cccc(CC(=O)C2CCC2)c1F. The van der Waals surface area contributed by atoms with Gasteiger partial charge in [0.15, 0.2) is 11.6 Å². The standard InChI is InChI=1S/C13H15FO2/c1-16-12-7-3-6-10(13(12)14)8-11(15)9-4-2-5-9/h3,6-7,9H,2,4-5,8H2,1H3. The van der Waals surface area contributed by atoms with Crippen LogP contribution < -0.4 is 4.74 Å². The first-order chi connectivity index (χ1) is 7.72. The van der Waals surface area contributed by atoms with E-state index in [9.17, 15) is 9.18 Å². The maximum Gasteiger partial charge on any atom is 0.168 e. The number of hydrogen-bond donors (Lipinski definition) is 0. The minimum atomic E-state index is -0.405. The maximum atomic E-state index is 13.7. The van der Waals surface area contributed by atoms with E-state index in [0.29, 0.717) is 5.56 Å². The average Bonchev–Trinajstić information content (AvgIpc) is 2.18. The quantitative estimate of drug-likeness (QED) is 0.783. The van der Waals surface area contributed by atoms with Crippen LogP contribution in [0.1, 0.15) is 24.8 Å². The Balaban J connectivity index is 2.11. The minimum Gasteiger partial charge on any atom is -0.494 e. The van der Waals surface area contributed by atoms with Crippen LogP contribution in [-0.2, 0) is 11.2 Å². The Morgan fingerprint density at radius 3 is 2.81 bits per heavy atom. The molecule has 2 rings (SSSR count). The van der Waals surface area contributed by atoms with Crippen LogP contribution in [0.5, 0.6) is 5.75 Å². The Bertz CT molecular complexity index is 397. The van der Waals surface area contributed by atoms with Gasteiger partial charge in [-0.1, -0.05) is 18.6 Å². The molecule has 1 aromatic carbocycles. The lowest BCUT2D eigenvalue weighted by atomic mass is 9.80. The molecule has 0 aliphatic heterocycles. The molecule has 0 unspecified atom stereocenters. The number of hydrogen-bond acceptors (Lipinski definition) is 2. The van der Waals surface area contributed by atoms with E-state index >= 15 is 0 Å². The van der Waals surface area contributed by atoms with Gasteiger partial charge >= 0.3 is 0 Å². The van der Waals surface area contributed by atoms with Crippen LogP contribution in [0.3, 0.4) is 0 Å². The summed E-state index contributed by atoms with van der Waals surface area (Å²) in [5.41, 5.74) is 0.441. The van der Waals surface area contributed by atoms with Crippen molar-refractivity contribution in [3.05, 3.63) is 29.6 Å². The Morgan fingerprint density at radius 2 is 2.25 bits per heavy atom. The number of carbonyl (C=O) groups is 1. The summed E-state index contributed by atoms with van der Waals surface area (Å²) in [5, 5.41) is 0. The second kappa shape index (κ2) is 4.64. The van der Waals surface area contributed by atoms with E-state index in [1.54, 1.807) is 18.2 Å². The highest BCUT2D eigenvalue weighted by Crippen LogP contribution is 2.29. The molecule has 0 spiro atoms. The topological polar surface area (TPSA) is 26.3 Å². The number of ether oxygens (including phenoxy) is 1. The lowest BCUT2D eigenvalue weighted by Gasteiger charge is -2.23. The maximum absolute atomic E-state index is 13.7. The van der Waals surface area contributed by atoms with Crippen LogP contribution in [0, 0.1) is 11.7 Å². The summed E-state index contributed by atoms with van der Waals surface area (Å²) in [6.45, 7) is 0. The molecule has 0 bridgehead atoms. The van der Waals surface area contributed by atoms with E-state index in [1.165, 1.54) is 7.11 Å². The van der Waals surface area contributed by atoms with E-state index in [0.717, 1.165) is 19.3 Å². The smallest absolute Gasteiger partial charge is 0.168 e. The number of benzene rings is 1. The second-order valence-corrected chi connectivity index (χ2v) is 4.20. The number of carbonyl (C=O) groups excluding carboxylic acids is 1. The Labute approximate surface area is 94.4 Å². The molecule has 0 N–H and O–H groups in total. The molecule has 1 aliphatic rings. The fourth-order valence-corrected chi connectivity index (χ4v) is 1.91. The zero-order valence-electron chi connectivity index (χ0n) is 9.33. The molecule has 0 radical (unpaired) electrons. The molecule has 0 aromatic heterocycles. The average molecular weight is 222 g/mol. The third-order valence-electron chi connectivity index (χ3n) is 3.19. The van der Waals surface area contributed by atoms with E-state index in [2.05, 4.69) is 0 Å². The van der Waals surface area contributed by atoms with Crippen molar-refractivity contribution in [3.63, 3.8) is 0 Å². The van der Waals surface area contributed by atoms with Gasteiger partial charge in [-0.3, -0.25) is 4.79 Å². The van der Waals surface area contributed by atoms with E-state index in [-0.39, 0.29) is 23.9 Å². The molecule has 0 heterocycles. The van der Waals surface area contributed by atoms with Gasteiger partial charge in [0, 0.05) is 12.3 Å². The third kappa shape index (κ3) is 2.08. The molecule has 0 amide bonds. The number of rotatable bonds is 4. The van der Waals surface area contributed by atoms with Crippen LogP contribution in [-0.4, -0.2) is 12.9 Å². The number of ketones is 1. The van der Waals surface area contributed by atoms with Crippen LogP contribution >= 0.6 is 0 Å². The molecule has 3 heteroatoms. The molecule has 0 atom stereocenters. The lowest BCUT2D eigenvalue weighted by molar-refractivity contribution is -0.124. The van der Waals surface area contributed by atoms with Gasteiger partial charge in [0.25, 0.3) is 0 Å². The normalized spacial score (nSPS) is 15.6. The fourth-order valence-electron chi connectivity index (χ4n) is 1.91. The van der Waals surface area contributed by atoms with E-state index in [1.807, 2.05) is 0 Å². The molecular weight excluding hydrogens is 207 g/mol. The number of methoxy groups -OCH3 is 1. The summed E-state index contributed by atoms with van der Waals surface area (Å²) >= 11 is 0. The van der Waals surface area contributed by atoms with Crippen LogP contribution in [0.4, 0.5) is 4.39 Å². The molecule has 1 fully saturated rings. The van der Waals surface area contributed by atoms with Gasteiger partial charge in [-0.05, 0) is 24.5 Å². The van der Waals surface area contributed by atoms with Crippen molar-refractivity contribution in [1.82, 2.24) is 0 Å². The highest BCUT2D eigenvalue weighted by Gasteiger charge is 2.25. The van der Waals surface area contributed by atoms with Crippen molar-refractivity contribution in [2.45, 2.75) is 25.7 Å². The molecule has 16 heavy (non-hydrogen) atoms. The summed E-state index contributed by atoms with van der Waals surface area (Å²) in [6.07, 6.45) is 3.24. The zero-order chi connectivity index (χ0) is 11.5. The first-order valence-corrected chi connectivity index (χ1v) is 5.56. The molecule has 86 valence electrons. The zero-order valence-corrected chi connectivity index (χ0v) is 9.33. The molecule has 0 saturated heterocycles. The summed E-state index contributed by atoms with van der Waals surface area (Å²) < 4.78 is 18.6. The monoisotopic (exact) mass is 222 g/mol. The van der Waals surface area contributed by atoms with Gasteiger partial charge in [-0.25, -0.2) is 4.39 Å². The molecular formula is C13H15FO2. The van der Waals surface area contributed by atoms with Crippen molar-refractivity contribution in [3.8, 4) is 5.75 Å². The summed E-state index contributed by atoms with van der Waals surface area (Å²) in [7, 11) is 1.43. The molecule has 1 aliphatic carbocycles. The number of halogens is 1. The van der Waals surface area contributed by atoms with E-state index < -0.39 is 5.82 Å². The highest BCUT2D eigenvalue weighted by atomic mass is 19.1. The van der Waals surface area contributed by atoms with Gasteiger partial charge in [-0.2, -0.15) is 0 Å². The molecule has 1 aromatic rings. The largest absolute Gasteiger partial charge is 0.494 e. The summed E-state index contributed by atoms with van der Waals surface area (Å²) in [5.74, 6) is 0.112. The minimum absolute atomic E-state index is 0.151. The number of Topliss-reactive ketones (excluding diaryl/α,β-unsaturated/α-hetero) is 1. The van der Waals surface area contributed by atoms with Crippen molar-refractivity contribution in [2.75, 3.05) is 7.11 Å². The first-order valence-electron chi connectivity index (χ1n) is 5.56. The van der Waals surface area contributed by atoms with Crippen molar-refractivity contribution >= 4 is 5.78 Å². The first kappa shape index (κ1) is 11.1. The van der Waals surface area contributed by atoms with Crippen molar-refractivity contribution < 1.29 is 13.9 Å². The van der Waals surface area contributed by atoms with Crippen molar-refractivity contribution in [1.29, 1.82) is 0 Å². The Morgan fingerprint density at radius 1 is 1.50 bits per heavy atom. The predicted molar refractivity (Wildman–Crippen MR) is 59.0 cm³/mol. The van der Waals surface area contributed by atoms with Crippen LogP contribution in [0.15, 0.2) is 18.2 Å². The van der Waals surface area contributed by atoms with Gasteiger partial charge < -0.3 is 4.74 Å². The second-order valence-electron chi connectivity index (χ2n) is 4.20. The molecule has 1 saturated carbocycles. The van der Waals surface area contributed by atoms with Gasteiger partial charge in [0.2, 0.25) is 0 Å². The lowest BCUT2D eigenvalue weighted by Crippen LogP contribution is -2.23. The fraction of sp³-hybridized carbons (Fsp3) is 0.462. The molecule has 2 nitrogen and oxygen atoms in total. The third-order valence-corrected chi connectivity index (χ3v) is 3.19. The van der Waals surface area contributed by atoms with E-state index in [4.69, 9.17) is 4.74 Å². The summed E-state index contributed by atoms with van der Waals surface area (Å²) in [6, 6.07) is 4.92. The Kier molecular flexibility index (Phi) is 3.22. The Hall–Kier alpha value is -1.38. The van der Waals surface area contributed by atoms with Crippen LogP contribution in [0.2, 0.25) is 0 Å². The van der Waals surface area contributed by atoms with Gasteiger partial charge in [-0.15, -0.1) is 0 Å². The van der Waals surface area contributed by atoms with Gasteiger partial charge in [0.05, 0.1) is 7.11 Å². The predicted octanol–water partition coefficient (Wildman–Crippen LogP) is 2.75. The van der Waals surface area contributed by atoms with Crippen LogP contribution in [0.25, 0.3) is 0 Å². The summed E-state index contributed by atoms with van der Waals surface area (Å²) in [4.78, 5) is 11.7. The van der Waals surface area contributed by atoms with Crippen molar-refractivity contribution in [2.24, 2.45) is 5.92 Å². The highest BCUT2D eigenvalue weighted by molar-refractivity contribution is 5.84.